The van der Waals surface area contributed by atoms with Crippen molar-refractivity contribution in [2.24, 2.45) is 29.6 Å². The molecule has 0 aromatic heterocycles. The quantitative estimate of drug-likeness (QED) is 0.597. The predicted molar refractivity (Wildman–Crippen MR) is 52.9 cm³/mol. The van der Waals surface area contributed by atoms with Gasteiger partial charge in [0.1, 0.15) is 0 Å². The van der Waals surface area contributed by atoms with Crippen LogP contribution in [0.3, 0.4) is 0 Å². The van der Waals surface area contributed by atoms with Crippen LogP contribution in [-0.4, -0.2) is 0 Å². The van der Waals surface area contributed by atoms with Gasteiger partial charge in [0, 0.05) is 0 Å². The second-order valence-electron chi connectivity index (χ2n) is 5.27. The molecule has 0 heterocycles. The Balaban J connectivity index is 1.74. The summed E-state index contributed by atoms with van der Waals surface area (Å²) in [5.74, 6) is 5.57. The van der Waals surface area contributed by atoms with Gasteiger partial charge in [0.15, 0.2) is 0 Å². The van der Waals surface area contributed by atoms with E-state index in [4.69, 9.17) is 0 Å². The topological polar surface area (TPSA) is 0 Å². The summed E-state index contributed by atoms with van der Waals surface area (Å²) < 4.78 is 0. The van der Waals surface area contributed by atoms with Crippen LogP contribution in [0.1, 0.15) is 46.5 Å². The first kappa shape index (κ1) is 8.59. The highest BCUT2D eigenvalue weighted by Gasteiger charge is 2.59. The fraction of sp³-hybridized carbons (Fsp3) is 1.00. The van der Waals surface area contributed by atoms with Gasteiger partial charge >= 0.3 is 0 Å². The molecule has 2 aliphatic rings. The Bertz CT molecular complexity index is 159. The Kier molecular flexibility index (Phi) is 2.18. The predicted octanol–water partition coefficient (Wildman–Crippen LogP) is 3.71. The molecule has 0 heteroatoms. The van der Waals surface area contributed by atoms with E-state index in [2.05, 4.69) is 20.8 Å². The maximum Gasteiger partial charge on any atom is -0.0349 e. The molecule has 4 atom stereocenters. The van der Waals surface area contributed by atoms with Crippen molar-refractivity contribution in [3.05, 3.63) is 0 Å². The summed E-state index contributed by atoms with van der Waals surface area (Å²) in [4.78, 5) is 0. The molecule has 0 spiro atoms. The first-order chi connectivity index (χ1) is 5.74. The van der Waals surface area contributed by atoms with E-state index in [1.54, 1.807) is 6.42 Å². The highest BCUT2D eigenvalue weighted by Crippen LogP contribution is 2.66. The van der Waals surface area contributed by atoms with E-state index < -0.39 is 0 Å². The first-order valence-electron chi connectivity index (χ1n) is 5.74. The van der Waals surface area contributed by atoms with Gasteiger partial charge in [0.25, 0.3) is 0 Å². The van der Waals surface area contributed by atoms with Crippen LogP contribution in [0.4, 0.5) is 0 Å². The van der Waals surface area contributed by atoms with Crippen LogP contribution in [0.5, 0.6) is 0 Å². The molecule has 2 fully saturated rings. The highest BCUT2D eigenvalue weighted by molar-refractivity contribution is 5.07. The molecular weight excluding hydrogens is 144 g/mol. The van der Waals surface area contributed by atoms with E-state index in [9.17, 15) is 0 Å². The summed E-state index contributed by atoms with van der Waals surface area (Å²) in [6.07, 6.45) is 6.02. The summed E-state index contributed by atoms with van der Waals surface area (Å²) in [5.41, 5.74) is 0. The Hall–Kier alpha value is 0. The maximum absolute atomic E-state index is 2.38. The van der Waals surface area contributed by atoms with Crippen molar-refractivity contribution in [2.45, 2.75) is 46.5 Å². The van der Waals surface area contributed by atoms with Crippen LogP contribution in [0.15, 0.2) is 0 Å². The molecule has 0 bridgehead atoms. The second kappa shape index (κ2) is 3.05. The van der Waals surface area contributed by atoms with Crippen molar-refractivity contribution >= 4 is 0 Å². The fourth-order valence-electron chi connectivity index (χ4n) is 3.27. The van der Waals surface area contributed by atoms with Crippen LogP contribution in [0.2, 0.25) is 0 Å². The molecule has 2 aliphatic carbocycles. The van der Waals surface area contributed by atoms with E-state index in [-0.39, 0.29) is 0 Å². The Morgan fingerprint density at radius 3 is 2.42 bits per heavy atom. The Labute approximate surface area is 76.7 Å². The lowest BCUT2D eigenvalue weighted by molar-refractivity contribution is 0.130. The first-order valence-corrected chi connectivity index (χ1v) is 5.74. The summed E-state index contributed by atoms with van der Waals surface area (Å²) in [5, 5.41) is 0. The molecule has 0 aromatic carbocycles. The largest absolute Gasteiger partial charge is 0.0651 e. The lowest BCUT2D eigenvalue weighted by Crippen LogP contribution is -2.29. The number of rotatable bonds is 4. The third kappa shape index (κ3) is 1.30. The van der Waals surface area contributed by atoms with E-state index in [1.807, 2.05) is 0 Å². The molecule has 12 heavy (non-hydrogen) atoms. The normalized spacial score (nSPS) is 44.0. The SMILES string of the molecule is CCC1C(CCC(C)C)C2CC12. The molecule has 0 radical (unpaired) electrons. The van der Waals surface area contributed by atoms with Crippen molar-refractivity contribution < 1.29 is 0 Å². The van der Waals surface area contributed by atoms with Gasteiger partial charge in [-0.1, -0.05) is 33.6 Å². The third-order valence-corrected chi connectivity index (χ3v) is 4.09. The zero-order valence-corrected chi connectivity index (χ0v) is 8.72. The van der Waals surface area contributed by atoms with E-state index in [1.165, 1.54) is 31.1 Å². The van der Waals surface area contributed by atoms with Crippen LogP contribution in [-0.2, 0) is 0 Å². The Morgan fingerprint density at radius 1 is 1.17 bits per heavy atom. The minimum atomic E-state index is 0.917. The van der Waals surface area contributed by atoms with Crippen LogP contribution < -0.4 is 0 Å². The van der Waals surface area contributed by atoms with Crippen LogP contribution in [0, 0.1) is 29.6 Å². The van der Waals surface area contributed by atoms with Gasteiger partial charge in [-0.05, 0) is 42.4 Å². The fourth-order valence-corrected chi connectivity index (χ4v) is 3.27. The highest BCUT2D eigenvalue weighted by atomic mass is 14.6. The minimum absolute atomic E-state index is 0.917. The molecule has 2 saturated carbocycles. The molecule has 4 unspecified atom stereocenters. The Morgan fingerprint density at radius 2 is 1.83 bits per heavy atom. The lowest BCUT2D eigenvalue weighted by atomic mass is 9.69. The van der Waals surface area contributed by atoms with Crippen molar-refractivity contribution in [3.63, 3.8) is 0 Å². The van der Waals surface area contributed by atoms with Gasteiger partial charge in [0.2, 0.25) is 0 Å². The standard InChI is InChI=1S/C12H22/c1-4-9-10(6-5-8(2)3)12-7-11(9)12/h8-12H,4-7H2,1-3H3. The minimum Gasteiger partial charge on any atom is -0.0651 e. The smallest absolute Gasteiger partial charge is 0.0349 e. The van der Waals surface area contributed by atoms with E-state index in [0.29, 0.717) is 0 Å². The third-order valence-electron chi connectivity index (χ3n) is 4.09. The summed E-state index contributed by atoms with van der Waals surface area (Å²) in [6, 6.07) is 0. The van der Waals surface area contributed by atoms with E-state index >= 15 is 0 Å². The molecule has 0 saturated heterocycles. The van der Waals surface area contributed by atoms with Gasteiger partial charge in [-0.15, -0.1) is 0 Å². The van der Waals surface area contributed by atoms with Gasteiger partial charge in [-0.25, -0.2) is 0 Å². The van der Waals surface area contributed by atoms with Crippen LogP contribution >= 0.6 is 0 Å². The molecule has 0 N–H and O–H groups in total. The van der Waals surface area contributed by atoms with Gasteiger partial charge in [-0.3, -0.25) is 0 Å². The number of fused-ring (bicyclic) bond motifs is 1. The average molecular weight is 166 g/mol. The summed E-state index contributed by atoms with van der Waals surface area (Å²) in [6.45, 7) is 7.08. The maximum atomic E-state index is 2.38. The summed E-state index contributed by atoms with van der Waals surface area (Å²) in [7, 11) is 0. The van der Waals surface area contributed by atoms with Crippen molar-refractivity contribution in [1.82, 2.24) is 0 Å². The monoisotopic (exact) mass is 166 g/mol. The lowest BCUT2D eigenvalue weighted by Gasteiger charge is -2.36. The number of hydrogen-bond donors (Lipinski definition) is 0. The van der Waals surface area contributed by atoms with Crippen molar-refractivity contribution in [3.8, 4) is 0 Å². The zero-order valence-electron chi connectivity index (χ0n) is 8.72. The molecular formula is C12H22. The molecule has 0 amide bonds. The molecule has 2 rings (SSSR count). The second-order valence-corrected chi connectivity index (χ2v) is 5.27. The molecule has 0 nitrogen and oxygen atoms in total. The molecule has 70 valence electrons. The van der Waals surface area contributed by atoms with E-state index in [0.717, 1.165) is 17.8 Å². The average Bonchev–Trinajstić information content (AvgIpc) is 2.65. The zero-order chi connectivity index (χ0) is 8.72. The number of hydrogen-bond acceptors (Lipinski definition) is 0. The molecule has 0 aliphatic heterocycles. The van der Waals surface area contributed by atoms with Gasteiger partial charge in [-0.2, -0.15) is 0 Å². The van der Waals surface area contributed by atoms with Crippen LogP contribution in [0.25, 0.3) is 0 Å². The van der Waals surface area contributed by atoms with Gasteiger partial charge < -0.3 is 0 Å². The molecule has 0 aromatic rings. The van der Waals surface area contributed by atoms with Crippen molar-refractivity contribution in [1.29, 1.82) is 0 Å². The van der Waals surface area contributed by atoms with Crippen molar-refractivity contribution in [2.75, 3.05) is 0 Å². The summed E-state index contributed by atoms with van der Waals surface area (Å²) >= 11 is 0. The van der Waals surface area contributed by atoms with Gasteiger partial charge in [0.05, 0.1) is 0 Å².